The highest BCUT2D eigenvalue weighted by Crippen LogP contribution is 2.12. The molecule has 13 heavy (non-hydrogen) atoms. The van der Waals surface area contributed by atoms with Crippen molar-refractivity contribution >= 4 is 27.5 Å². The highest BCUT2D eigenvalue weighted by Gasteiger charge is 1.98. The van der Waals surface area contributed by atoms with Crippen LogP contribution in [0.5, 0.6) is 0 Å². The summed E-state index contributed by atoms with van der Waals surface area (Å²) >= 11 is 8.98. The van der Waals surface area contributed by atoms with Gasteiger partial charge in [-0.3, -0.25) is 0 Å². The molecule has 2 aromatic rings. The van der Waals surface area contributed by atoms with Gasteiger partial charge < -0.3 is 0 Å². The molecule has 2 heterocycles. The van der Waals surface area contributed by atoms with Gasteiger partial charge in [-0.25, -0.2) is 9.67 Å². The fourth-order valence-electron chi connectivity index (χ4n) is 0.946. The predicted molar refractivity (Wildman–Crippen MR) is 54.1 cm³/mol. The van der Waals surface area contributed by atoms with Crippen LogP contribution in [0.1, 0.15) is 0 Å². The second-order valence-electron chi connectivity index (χ2n) is 2.44. The summed E-state index contributed by atoms with van der Waals surface area (Å²) in [7, 11) is 0. The van der Waals surface area contributed by atoms with Gasteiger partial charge in [-0.15, -0.1) is 0 Å². The van der Waals surface area contributed by atoms with Crippen LogP contribution < -0.4 is 0 Å². The average Bonchev–Trinajstić information content (AvgIpc) is 2.53. The van der Waals surface area contributed by atoms with Gasteiger partial charge in [0.15, 0.2) is 0 Å². The Kier molecular flexibility index (Phi) is 2.33. The predicted octanol–water partition coefficient (Wildman–Crippen LogP) is 2.68. The third-order valence-electron chi connectivity index (χ3n) is 1.53. The summed E-state index contributed by atoms with van der Waals surface area (Å²) in [6.45, 7) is 0. The number of hydrogen-bond donors (Lipinski definition) is 0. The Morgan fingerprint density at radius 2 is 2.15 bits per heavy atom. The van der Waals surface area contributed by atoms with Crippen LogP contribution >= 0.6 is 27.5 Å². The molecule has 0 radical (unpaired) electrons. The van der Waals surface area contributed by atoms with Gasteiger partial charge >= 0.3 is 0 Å². The van der Waals surface area contributed by atoms with Gasteiger partial charge in [0, 0.05) is 6.20 Å². The van der Waals surface area contributed by atoms with Gasteiger partial charge in [-0.1, -0.05) is 11.6 Å². The van der Waals surface area contributed by atoms with E-state index in [2.05, 4.69) is 26.0 Å². The fraction of sp³-hybridized carbons (Fsp3) is 0. The van der Waals surface area contributed by atoms with Crippen LogP contribution in [0.3, 0.4) is 0 Å². The number of aromatic nitrogens is 3. The van der Waals surface area contributed by atoms with Crippen LogP contribution in [0.2, 0.25) is 5.02 Å². The standard InChI is InChI=1S/C8H5BrClN3/c9-8-2-1-7(4-11-8)13-5-6(10)3-12-13/h1-5H. The van der Waals surface area contributed by atoms with E-state index in [0.29, 0.717) is 5.02 Å². The minimum Gasteiger partial charge on any atom is -0.247 e. The Bertz CT molecular complexity index is 410. The van der Waals surface area contributed by atoms with Crippen LogP contribution in [0, 0.1) is 0 Å². The summed E-state index contributed by atoms with van der Waals surface area (Å²) < 4.78 is 2.47. The van der Waals surface area contributed by atoms with E-state index in [1.54, 1.807) is 23.3 Å². The molecule has 0 bridgehead atoms. The molecule has 0 aliphatic rings. The molecule has 2 rings (SSSR count). The van der Waals surface area contributed by atoms with Crippen molar-refractivity contribution in [2.75, 3.05) is 0 Å². The number of pyridine rings is 1. The molecule has 3 nitrogen and oxygen atoms in total. The Labute approximate surface area is 88.5 Å². The molecule has 0 aromatic carbocycles. The SMILES string of the molecule is Clc1cnn(-c2ccc(Br)nc2)c1. The molecule has 0 saturated heterocycles. The summed E-state index contributed by atoms with van der Waals surface area (Å²) in [5.41, 5.74) is 0.884. The van der Waals surface area contributed by atoms with Crippen molar-refractivity contribution in [3.8, 4) is 5.69 Å². The maximum absolute atomic E-state index is 5.73. The second-order valence-corrected chi connectivity index (χ2v) is 3.69. The summed E-state index contributed by atoms with van der Waals surface area (Å²) in [6.07, 6.45) is 5.03. The lowest BCUT2D eigenvalue weighted by Gasteiger charge is -1.98. The summed E-state index contributed by atoms with van der Waals surface area (Å²) in [5, 5.41) is 4.66. The zero-order valence-corrected chi connectivity index (χ0v) is 8.83. The molecule has 0 aliphatic heterocycles. The number of halogens is 2. The van der Waals surface area contributed by atoms with E-state index < -0.39 is 0 Å². The monoisotopic (exact) mass is 257 g/mol. The van der Waals surface area contributed by atoms with Crippen LogP contribution in [0.15, 0.2) is 35.3 Å². The lowest BCUT2D eigenvalue weighted by Crippen LogP contribution is -1.94. The lowest BCUT2D eigenvalue weighted by molar-refractivity contribution is 0.873. The Balaban J connectivity index is 2.41. The molecule has 0 aliphatic carbocycles. The summed E-state index contributed by atoms with van der Waals surface area (Å²) in [6, 6.07) is 3.76. The minimum atomic E-state index is 0.614. The van der Waals surface area contributed by atoms with E-state index in [1.807, 2.05) is 12.1 Å². The van der Waals surface area contributed by atoms with E-state index in [9.17, 15) is 0 Å². The molecule has 0 spiro atoms. The zero-order valence-electron chi connectivity index (χ0n) is 6.48. The molecular formula is C8H5BrClN3. The van der Waals surface area contributed by atoms with Crippen LogP contribution in [0.25, 0.3) is 5.69 Å². The van der Waals surface area contributed by atoms with Gasteiger partial charge in [0.05, 0.1) is 23.1 Å². The van der Waals surface area contributed by atoms with Crippen LogP contribution in [0.4, 0.5) is 0 Å². The maximum Gasteiger partial charge on any atom is 0.106 e. The first kappa shape index (κ1) is 8.72. The van der Waals surface area contributed by atoms with Crippen molar-refractivity contribution in [3.63, 3.8) is 0 Å². The average molecular weight is 259 g/mol. The summed E-state index contributed by atoms with van der Waals surface area (Å²) in [5.74, 6) is 0. The molecule has 0 amide bonds. The molecule has 2 aromatic heterocycles. The van der Waals surface area contributed by atoms with Crippen molar-refractivity contribution in [1.82, 2.24) is 14.8 Å². The van der Waals surface area contributed by atoms with E-state index in [4.69, 9.17) is 11.6 Å². The van der Waals surface area contributed by atoms with Gasteiger partial charge in [0.1, 0.15) is 4.60 Å². The smallest absolute Gasteiger partial charge is 0.106 e. The molecule has 0 atom stereocenters. The highest BCUT2D eigenvalue weighted by atomic mass is 79.9. The van der Waals surface area contributed by atoms with Gasteiger partial charge in [0.2, 0.25) is 0 Å². The molecule has 0 unspecified atom stereocenters. The Morgan fingerprint density at radius 1 is 1.31 bits per heavy atom. The Morgan fingerprint density at radius 3 is 2.69 bits per heavy atom. The third kappa shape index (κ3) is 1.89. The first-order chi connectivity index (χ1) is 6.25. The van der Waals surface area contributed by atoms with Crippen LogP contribution in [-0.2, 0) is 0 Å². The third-order valence-corrected chi connectivity index (χ3v) is 2.19. The number of nitrogens with zero attached hydrogens (tertiary/aromatic N) is 3. The molecule has 5 heteroatoms. The van der Waals surface area contributed by atoms with Gasteiger partial charge in [-0.2, -0.15) is 5.10 Å². The molecular weight excluding hydrogens is 253 g/mol. The second kappa shape index (κ2) is 3.47. The largest absolute Gasteiger partial charge is 0.247 e. The van der Waals surface area contributed by atoms with Gasteiger partial charge in [0.25, 0.3) is 0 Å². The summed E-state index contributed by atoms with van der Waals surface area (Å²) in [4.78, 5) is 4.08. The maximum atomic E-state index is 5.73. The first-order valence-corrected chi connectivity index (χ1v) is 4.75. The fourth-order valence-corrected chi connectivity index (χ4v) is 1.32. The van der Waals surface area contributed by atoms with Crippen molar-refractivity contribution in [3.05, 3.63) is 40.3 Å². The highest BCUT2D eigenvalue weighted by molar-refractivity contribution is 9.10. The Hall–Kier alpha value is -0.870. The van der Waals surface area contributed by atoms with Crippen molar-refractivity contribution < 1.29 is 0 Å². The number of hydrogen-bond acceptors (Lipinski definition) is 2. The van der Waals surface area contributed by atoms with Crippen molar-refractivity contribution in [1.29, 1.82) is 0 Å². The van der Waals surface area contributed by atoms with Crippen molar-refractivity contribution in [2.24, 2.45) is 0 Å². The quantitative estimate of drug-likeness (QED) is 0.736. The van der Waals surface area contributed by atoms with Crippen LogP contribution in [-0.4, -0.2) is 14.8 Å². The topological polar surface area (TPSA) is 30.7 Å². The van der Waals surface area contributed by atoms with Crippen molar-refractivity contribution in [2.45, 2.75) is 0 Å². The first-order valence-electron chi connectivity index (χ1n) is 3.58. The molecule has 66 valence electrons. The zero-order chi connectivity index (χ0) is 9.26. The molecule has 0 N–H and O–H groups in total. The normalized spacial score (nSPS) is 10.3. The lowest BCUT2D eigenvalue weighted by atomic mass is 10.4. The molecule has 0 fully saturated rings. The van der Waals surface area contributed by atoms with E-state index in [0.717, 1.165) is 10.3 Å². The van der Waals surface area contributed by atoms with E-state index in [-0.39, 0.29) is 0 Å². The minimum absolute atomic E-state index is 0.614. The van der Waals surface area contributed by atoms with E-state index in [1.165, 1.54) is 0 Å². The van der Waals surface area contributed by atoms with E-state index >= 15 is 0 Å². The van der Waals surface area contributed by atoms with Gasteiger partial charge in [-0.05, 0) is 28.1 Å². The molecule has 0 saturated carbocycles. The number of rotatable bonds is 1.